The third-order valence-corrected chi connectivity index (χ3v) is 7.81. The van der Waals surface area contributed by atoms with E-state index in [0.717, 1.165) is 16.1 Å². The first-order valence-corrected chi connectivity index (χ1v) is 12.4. The van der Waals surface area contributed by atoms with Gasteiger partial charge in [-0.3, -0.25) is 4.98 Å². The molecule has 1 N–H and O–H groups in total. The molecule has 1 saturated heterocycles. The Labute approximate surface area is 201 Å². The zero-order valence-corrected chi connectivity index (χ0v) is 19.9. The number of hydrogen-bond donors (Lipinski definition) is 1. The number of aromatic nitrogens is 4. The molecule has 1 aliphatic heterocycles. The van der Waals surface area contributed by atoms with Gasteiger partial charge in [-0.15, -0.1) is 10.2 Å². The summed E-state index contributed by atoms with van der Waals surface area (Å²) in [5.41, 5.74) is 1.13. The van der Waals surface area contributed by atoms with Crippen molar-refractivity contribution in [3.8, 4) is 11.3 Å². The molecule has 1 fully saturated rings. The van der Waals surface area contributed by atoms with E-state index in [1.165, 1.54) is 12.4 Å². The summed E-state index contributed by atoms with van der Waals surface area (Å²) < 4.78 is 57.9. The van der Waals surface area contributed by atoms with Gasteiger partial charge in [-0.1, -0.05) is 0 Å². The molecule has 182 valence electrons. The van der Waals surface area contributed by atoms with E-state index in [9.17, 15) is 8.42 Å². The molecular formula is C23H23F2N7O2S. The summed E-state index contributed by atoms with van der Waals surface area (Å²) in [5, 5.41) is 11.7. The second-order valence-electron chi connectivity index (χ2n) is 8.32. The largest absolute Gasteiger partial charge is 0.372 e. The highest BCUT2D eigenvalue weighted by molar-refractivity contribution is 7.90. The molecule has 1 aromatic carbocycles. The maximum Gasteiger partial charge on any atom is 0.268 e. The zero-order chi connectivity index (χ0) is 24.7. The first kappa shape index (κ1) is 23.1. The van der Waals surface area contributed by atoms with Gasteiger partial charge in [-0.25, -0.2) is 21.2 Å². The van der Waals surface area contributed by atoms with Gasteiger partial charge in [-0.05, 0) is 37.4 Å². The highest BCUT2D eigenvalue weighted by atomic mass is 32.2. The number of piperazine rings is 1. The van der Waals surface area contributed by atoms with Gasteiger partial charge in [-0.2, -0.15) is 0 Å². The lowest BCUT2D eigenvalue weighted by atomic mass is 10.1. The van der Waals surface area contributed by atoms with Gasteiger partial charge in [0.15, 0.2) is 11.6 Å². The molecule has 5 rings (SSSR count). The molecule has 0 aliphatic carbocycles. The van der Waals surface area contributed by atoms with Crippen molar-refractivity contribution >= 4 is 32.4 Å². The predicted octanol–water partition coefficient (Wildman–Crippen LogP) is 2.80. The van der Waals surface area contributed by atoms with Gasteiger partial charge >= 0.3 is 0 Å². The Bertz CT molecular complexity index is 1480. The summed E-state index contributed by atoms with van der Waals surface area (Å²) in [6, 6.07) is 6.82. The van der Waals surface area contributed by atoms with Crippen LogP contribution in [-0.2, 0) is 10.0 Å². The van der Waals surface area contributed by atoms with Crippen LogP contribution in [-0.4, -0.2) is 72.7 Å². The molecule has 0 radical (unpaired) electrons. The molecular weight excluding hydrogens is 476 g/mol. The molecule has 0 atom stereocenters. The van der Waals surface area contributed by atoms with Crippen LogP contribution in [0, 0.1) is 11.6 Å². The van der Waals surface area contributed by atoms with E-state index in [1.54, 1.807) is 36.3 Å². The molecule has 0 bridgehead atoms. The molecule has 4 heterocycles. The first-order chi connectivity index (χ1) is 16.8. The highest BCUT2D eigenvalue weighted by Gasteiger charge is 2.27. The minimum atomic E-state index is -4.31. The van der Waals surface area contributed by atoms with E-state index < -0.39 is 26.6 Å². The lowest BCUT2D eigenvalue weighted by Crippen LogP contribution is -2.45. The molecule has 0 unspecified atom stereocenters. The van der Waals surface area contributed by atoms with Crippen molar-refractivity contribution in [1.82, 2.24) is 24.1 Å². The number of pyridine rings is 1. The van der Waals surface area contributed by atoms with Crippen LogP contribution in [0.15, 0.2) is 53.8 Å². The van der Waals surface area contributed by atoms with Crippen molar-refractivity contribution in [2.45, 2.75) is 4.90 Å². The standard InChI is InChI=1S/C23H23F2N7O2S/c1-26-22-4-3-20(28-29-22)17-13-27-14-21-16(17)5-6-32(21)35(33,34)15-11-18(24)23(19(25)12-15)31-9-7-30(2)8-10-31/h3-6,11-14H,7-10H2,1-2H3,(H,26,29). The van der Waals surface area contributed by atoms with E-state index in [0.29, 0.717) is 48.6 Å². The van der Waals surface area contributed by atoms with Crippen molar-refractivity contribution in [3.63, 3.8) is 0 Å². The Morgan fingerprint density at radius 2 is 1.69 bits per heavy atom. The van der Waals surface area contributed by atoms with Crippen LogP contribution < -0.4 is 10.2 Å². The second kappa shape index (κ2) is 8.86. The van der Waals surface area contributed by atoms with Gasteiger partial charge in [0, 0.05) is 56.6 Å². The van der Waals surface area contributed by atoms with Gasteiger partial charge in [0.2, 0.25) is 0 Å². The van der Waals surface area contributed by atoms with Gasteiger partial charge in [0.05, 0.1) is 22.3 Å². The Morgan fingerprint density at radius 3 is 2.31 bits per heavy atom. The number of fused-ring (bicyclic) bond motifs is 1. The molecule has 12 heteroatoms. The summed E-state index contributed by atoms with van der Waals surface area (Å²) in [6.07, 6.45) is 4.29. The minimum absolute atomic E-state index is 0.207. The van der Waals surface area contributed by atoms with E-state index in [4.69, 9.17) is 0 Å². The van der Waals surface area contributed by atoms with Gasteiger partial charge in [0.1, 0.15) is 11.5 Å². The normalized spacial score (nSPS) is 15.0. The Morgan fingerprint density at radius 1 is 0.971 bits per heavy atom. The topological polar surface area (TPSA) is 96.2 Å². The van der Waals surface area contributed by atoms with E-state index in [1.807, 2.05) is 7.05 Å². The minimum Gasteiger partial charge on any atom is -0.372 e. The van der Waals surface area contributed by atoms with Crippen molar-refractivity contribution in [1.29, 1.82) is 0 Å². The van der Waals surface area contributed by atoms with Gasteiger partial charge in [0.25, 0.3) is 10.0 Å². The zero-order valence-electron chi connectivity index (χ0n) is 19.1. The highest BCUT2D eigenvalue weighted by Crippen LogP contribution is 2.32. The Balaban J connectivity index is 1.55. The first-order valence-electron chi connectivity index (χ1n) is 10.9. The smallest absolute Gasteiger partial charge is 0.268 e. The maximum absolute atomic E-state index is 15.0. The monoisotopic (exact) mass is 499 g/mol. The van der Waals surface area contributed by atoms with Crippen molar-refractivity contribution in [3.05, 3.63) is 60.6 Å². The van der Waals surface area contributed by atoms with Crippen LogP contribution in [0.25, 0.3) is 22.2 Å². The number of anilines is 2. The molecule has 0 amide bonds. The lowest BCUT2D eigenvalue weighted by Gasteiger charge is -2.34. The van der Waals surface area contributed by atoms with Crippen LogP contribution >= 0.6 is 0 Å². The number of benzene rings is 1. The fourth-order valence-corrected chi connectivity index (χ4v) is 5.55. The van der Waals surface area contributed by atoms with Crippen LogP contribution in [0.4, 0.5) is 20.3 Å². The number of hydrogen-bond acceptors (Lipinski definition) is 8. The predicted molar refractivity (Wildman–Crippen MR) is 129 cm³/mol. The molecule has 1 aliphatic rings. The summed E-state index contributed by atoms with van der Waals surface area (Å²) in [4.78, 5) is 7.34. The SMILES string of the molecule is CNc1ccc(-c2cncc3c2ccn3S(=O)(=O)c2cc(F)c(N3CCN(C)CC3)c(F)c2)nn1. The number of nitrogens with zero attached hydrogens (tertiary/aromatic N) is 6. The van der Waals surface area contributed by atoms with Gasteiger partial charge < -0.3 is 15.1 Å². The average molecular weight is 500 g/mol. The molecule has 9 nitrogen and oxygen atoms in total. The van der Waals surface area contributed by atoms with Crippen molar-refractivity contribution in [2.24, 2.45) is 0 Å². The molecule has 0 spiro atoms. The van der Waals surface area contributed by atoms with E-state index >= 15 is 8.78 Å². The summed E-state index contributed by atoms with van der Waals surface area (Å²) in [7, 11) is -0.651. The number of likely N-dealkylation sites (N-methyl/N-ethyl adjacent to an activating group) is 1. The van der Waals surface area contributed by atoms with E-state index in [-0.39, 0.29) is 11.2 Å². The third-order valence-electron chi connectivity index (χ3n) is 6.14. The molecule has 4 aromatic rings. The van der Waals surface area contributed by atoms with Crippen LogP contribution in [0.2, 0.25) is 0 Å². The summed E-state index contributed by atoms with van der Waals surface area (Å²) in [5.74, 6) is -1.25. The number of halogens is 2. The fourth-order valence-electron chi connectivity index (χ4n) is 4.19. The van der Waals surface area contributed by atoms with E-state index in [2.05, 4.69) is 25.4 Å². The Hall–Kier alpha value is -3.64. The lowest BCUT2D eigenvalue weighted by molar-refractivity contribution is 0.310. The third kappa shape index (κ3) is 4.08. The second-order valence-corrected chi connectivity index (χ2v) is 10.1. The fraction of sp³-hybridized carbons (Fsp3) is 0.261. The van der Waals surface area contributed by atoms with Crippen LogP contribution in [0.5, 0.6) is 0 Å². The summed E-state index contributed by atoms with van der Waals surface area (Å²) in [6.45, 7) is 2.22. The Kier molecular flexibility index (Phi) is 5.85. The van der Waals surface area contributed by atoms with Crippen LogP contribution in [0.1, 0.15) is 0 Å². The average Bonchev–Trinajstić information content (AvgIpc) is 3.30. The maximum atomic E-state index is 15.0. The number of nitrogens with one attached hydrogen (secondary N) is 1. The van der Waals surface area contributed by atoms with Crippen LogP contribution in [0.3, 0.4) is 0 Å². The summed E-state index contributed by atoms with van der Waals surface area (Å²) >= 11 is 0. The molecule has 3 aromatic heterocycles. The van der Waals surface area contributed by atoms with Crippen molar-refractivity contribution in [2.75, 3.05) is 50.5 Å². The quantitative estimate of drug-likeness (QED) is 0.448. The van der Waals surface area contributed by atoms with Crippen molar-refractivity contribution < 1.29 is 17.2 Å². The molecule has 35 heavy (non-hydrogen) atoms. The number of rotatable bonds is 5. The molecule has 0 saturated carbocycles.